The van der Waals surface area contributed by atoms with Gasteiger partial charge in [0.15, 0.2) is 5.69 Å². The van der Waals surface area contributed by atoms with Crippen molar-refractivity contribution in [3.8, 4) is 6.07 Å². The van der Waals surface area contributed by atoms with E-state index in [0.29, 0.717) is 25.3 Å². The Morgan fingerprint density at radius 3 is 3.13 bits per heavy atom. The van der Waals surface area contributed by atoms with Gasteiger partial charge in [-0.1, -0.05) is 0 Å². The molecular formula is C15H17N7O. The normalized spacial score (nSPS) is 17.8. The molecule has 8 nitrogen and oxygen atoms in total. The Morgan fingerprint density at radius 2 is 2.35 bits per heavy atom. The molecule has 1 atom stereocenters. The van der Waals surface area contributed by atoms with Crippen molar-refractivity contribution in [3.05, 3.63) is 30.4 Å². The number of anilines is 2. The largest absolute Gasteiger partial charge is 0.357 e. The Morgan fingerprint density at radius 1 is 1.48 bits per heavy atom. The number of nitrogens with one attached hydrogen (secondary N) is 1. The molecule has 23 heavy (non-hydrogen) atoms. The van der Waals surface area contributed by atoms with Crippen molar-refractivity contribution in [1.82, 2.24) is 19.7 Å². The molecule has 3 heterocycles. The van der Waals surface area contributed by atoms with Gasteiger partial charge in [0.2, 0.25) is 0 Å². The number of aromatic nitrogens is 4. The number of carbonyl (C=O) groups is 1. The number of nitrogens with zero attached hydrogens (tertiary/aromatic N) is 6. The molecule has 0 bridgehead atoms. The molecule has 1 aliphatic rings. The summed E-state index contributed by atoms with van der Waals surface area (Å²) in [5, 5.41) is 16.2. The third kappa shape index (κ3) is 2.99. The molecule has 118 valence electrons. The molecule has 0 aliphatic carbocycles. The van der Waals surface area contributed by atoms with Crippen LogP contribution >= 0.6 is 0 Å². The lowest BCUT2D eigenvalue weighted by Gasteiger charge is -2.32. The number of hydrogen-bond donors (Lipinski definition) is 1. The van der Waals surface area contributed by atoms with E-state index >= 15 is 0 Å². The van der Waals surface area contributed by atoms with E-state index in [-0.39, 0.29) is 17.6 Å². The van der Waals surface area contributed by atoms with Gasteiger partial charge in [-0.25, -0.2) is 9.67 Å². The van der Waals surface area contributed by atoms with Crippen molar-refractivity contribution in [2.75, 3.05) is 16.8 Å². The van der Waals surface area contributed by atoms with E-state index < -0.39 is 0 Å². The van der Waals surface area contributed by atoms with E-state index in [1.807, 2.05) is 19.1 Å². The van der Waals surface area contributed by atoms with Gasteiger partial charge in [0.05, 0.1) is 18.6 Å². The number of aryl methyl sites for hydroxylation is 1. The molecule has 2 aromatic heterocycles. The zero-order valence-corrected chi connectivity index (χ0v) is 12.8. The maximum absolute atomic E-state index is 12.8. The minimum atomic E-state index is -0.382. The SMILES string of the molecule is CCn1nccc1N1CCCC(Nc2cncc(C#N)n2)C1=O. The van der Waals surface area contributed by atoms with Crippen LogP contribution in [0.15, 0.2) is 24.7 Å². The highest BCUT2D eigenvalue weighted by Gasteiger charge is 2.31. The van der Waals surface area contributed by atoms with Crippen LogP contribution < -0.4 is 10.2 Å². The topological polar surface area (TPSA) is 99.7 Å². The van der Waals surface area contributed by atoms with Crippen molar-refractivity contribution in [2.45, 2.75) is 32.4 Å². The van der Waals surface area contributed by atoms with Gasteiger partial charge in [0, 0.05) is 19.2 Å². The molecule has 1 amide bonds. The van der Waals surface area contributed by atoms with Crippen molar-refractivity contribution in [2.24, 2.45) is 0 Å². The fraction of sp³-hybridized carbons (Fsp3) is 0.400. The molecule has 1 saturated heterocycles. The van der Waals surface area contributed by atoms with Gasteiger partial charge in [-0.3, -0.25) is 14.7 Å². The van der Waals surface area contributed by atoms with Crippen molar-refractivity contribution < 1.29 is 4.79 Å². The molecule has 1 unspecified atom stereocenters. The predicted molar refractivity (Wildman–Crippen MR) is 83.6 cm³/mol. The van der Waals surface area contributed by atoms with Gasteiger partial charge in [0.1, 0.15) is 23.7 Å². The maximum atomic E-state index is 12.8. The summed E-state index contributed by atoms with van der Waals surface area (Å²) in [6.07, 6.45) is 6.20. The van der Waals surface area contributed by atoms with Crippen molar-refractivity contribution in [3.63, 3.8) is 0 Å². The lowest BCUT2D eigenvalue weighted by atomic mass is 10.0. The molecule has 2 aromatic rings. The van der Waals surface area contributed by atoms with E-state index in [0.717, 1.165) is 12.2 Å². The van der Waals surface area contributed by atoms with Crippen molar-refractivity contribution in [1.29, 1.82) is 5.26 Å². The van der Waals surface area contributed by atoms with E-state index in [1.165, 1.54) is 12.4 Å². The van der Waals surface area contributed by atoms with Gasteiger partial charge in [-0.2, -0.15) is 10.4 Å². The average Bonchev–Trinajstić information content (AvgIpc) is 3.05. The summed E-state index contributed by atoms with van der Waals surface area (Å²) in [5.74, 6) is 1.23. The van der Waals surface area contributed by atoms with E-state index in [1.54, 1.807) is 15.8 Å². The van der Waals surface area contributed by atoms with Gasteiger partial charge in [0.25, 0.3) is 5.91 Å². The number of carbonyl (C=O) groups excluding carboxylic acids is 1. The fourth-order valence-corrected chi connectivity index (χ4v) is 2.70. The van der Waals surface area contributed by atoms with Crippen molar-refractivity contribution >= 4 is 17.5 Å². The van der Waals surface area contributed by atoms with Crippen LogP contribution in [0.4, 0.5) is 11.6 Å². The van der Waals surface area contributed by atoms with Crippen LogP contribution in [0.3, 0.4) is 0 Å². The Balaban J connectivity index is 1.78. The summed E-state index contributed by atoms with van der Waals surface area (Å²) in [4.78, 5) is 22.6. The molecule has 0 aromatic carbocycles. The molecule has 0 saturated carbocycles. The van der Waals surface area contributed by atoms with E-state index in [4.69, 9.17) is 5.26 Å². The second-order valence-corrected chi connectivity index (χ2v) is 5.24. The van der Waals surface area contributed by atoms with Crippen LogP contribution in [-0.4, -0.2) is 38.2 Å². The molecule has 1 N–H and O–H groups in total. The molecule has 1 fully saturated rings. The summed E-state index contributed by atoms with van der Waals surface area (Å²) in [6.45, 7) is 3.37. The van der Waals surface area contributed by atoms with Gasteiger partial charge < -0.3 is 5.32 Å². The third-order valence-corrected chi connectivity index (χ3v) is 3.78. The fourth-order valence-electron chi connectivity index (χ4n) is 2.70. The first-order chi connectivity index (χ1) is 11.2. The predicted octanol–water partition coefficient (Wildman–Crippen LogP) is 1.17. The number of piperidine rings is 1. The van der Waals surface area contributed by atoms with E-state index in [2.05, 4.69) is 20.4 Å². The summed E-state index contributed by atoms with van der Waals surface area (Å²) < 4.78 is 1.80. The summed E-state index contributed by atoms with van der Waals surface area (Å²) in [5.41, 5.74) is 0.221. The zero-order chi connectivity index (χ0) is 16.2. The lowest BCUT2D eigenvalue weighted by Crippen LogP contribution is -2.48. The summed E-state index contributed by atoms with van der Waals surface area (Å²) in [6, 6.07) is 3.41. The average molecular weight is 311 g/mol. The first-order valence-corrected chi connectivity index (χ1v) is 7.54. The second-order valence-electron chi connectivity index (χ2n) is 5.24. The summed E-state index contributed by atoms with van der Waals surface area (Å²) >= 11 is 0. The Bertz CT molecular complexity index is 748. The monoisotopic (exact) mass is 311 g/mol. The van der Waals surface area contributed by atoms with E-state index in [9.17, 15) is 4.79 Å². The Hall–Kier alpha value is -2.95. The summed E-state index contributed by atoms with van der Waals surface area (Å²) in [7, 11) is 0. The number of nitriles is 1. The first kappa shape index (κ1) is 15.0. The standard InChI is InChI=1S/C15H17N7O/c1-2-22-14(5-6-18-22)21-7-3-4-12(15(21)23)20-13-10-17-9-11(8-16)19-13/h5-6,9-10,12H,2-4,7H2,1H3,(H,19,20). The van der Waals surface area contributed by atoms with Crippen LogP contribution in [0.1, 0.15) is 25.5 Å². The maximum Gasteiger partial charge on any atom is 0.250 e. The molecule has 0 spiro atoms. The van der Waals surface area contributed by atoms with Crippen LogP contribution in [0.25, 0.3) is 0 Å². The molecule has 1 aliphatic heterocycles. The number of hydrogen-bond acceptors (Lipinski definition) is 6. The highest BCUT2D eigenvalue weighted by molar-refractivity contribution is 5.98. The van der Waals surface area contributed by atoms with Crippen LogP contribution in [0.2, 0.25) is 0 Å². The number of rotatable bonds is 4. The third-order valence-electron chi connectivity index (χ3n) is 3.78. The van der Waals surface area contributed by atoms with Gasteiger partial charge in [-0.15, -0.1) is 0 Å². The van der Waals surface area contributed by atoms with Gasteiger partial charge >= 0.3 is 0 Å². The molecule has 8 heteroatoms. The molecule has 0 radical (unpaired) electrons. The molecular weight excluding hydrogens is 294 g/mol. The number of amides is 1. The Labute approximate surface area is 133 Å². The first-order valence-electron chi connectivity index (χ1n) is 7.54. The quantitative estimate of drug-likeness (QED) is 0.910. The lowest BCUT2D eigenvalue weighted by molar-refractivity contribution is -0.120. The minimum absolute atomic E-state index is 0.0180. The highest BCUT2D eigenvalue weighted by atomic mass is 16.2. The second kappa shape index (κ2) is 6.44. The Kier molecular flexibility index (Phi) is 4.19. The minimum Gasteiger partial charge on any atom is -0.357 e. The van der Waals surface area contributed by atoms with Gasteiger partial charge in [-0.05, 0) is 19.8 Å². The smallest absolute Gasteiger partial charge is 0.250 e. The zero-order valence-electron chi connectivity index (χ0n) is 12.8. The van der Waals surface area contributed by atoms with Crippen LogP contribution in [0.5, 0.6) is 0 Å². The van der Waals surface area contributed by atoms with Crippen LogP contribution in [-0.2, 0) is 11.3 Å². The highest BCUT2D eigenvalue weighted by Crippen LogP contribution is 2.22. The molecule has 3 rings (SSSR count). The van der Waals surface area contributed by atoms with Crippen LogP contribution in [0, 0.1) is 11.3 Å².